The van der Waals surface area contributed by atoms with Gasteiger partial charge < -0.3 is 15.1 Å². The van der Waals surface area contributed by atoms with Crippen molar-refractivity contribution in [3.05, 3.63) is 21.4 Å². The molecule has 1 fully saturated rings. The van der Waals surface area contributed by atoms with Crippen molar-refractivity contribution >= 4 is 23.2 Å². The van der Waals surface area contributed by atoms with Crippen molar-refractivity contribution in [3.8, 4) is 0 Å². The number of aliphatic hydroxyl groups is 1. The summed E-state index contributed by atoms with van der Waals surface area (Å²) in [5, 5.41) is 19.1. The molecule has 1 aromatic rings. The van der Waals surface area contributed by atoms with Gasteiger partial charge in [0.05, 0.1) is 23.6 Å². The lowest BCUT2D eigenvalue weighted by atomic mass is 9.99. The summed E-state index contributed by atoms with van der Waals surface area (Å²) in [5.74, 6) is -0.981. The molecule has 1 aliphatic carbocycles. The molecule has 126 valence electrons. The molecule has 2 atom stereocenters. The number of carbonyl (C=O) groups is 2. The highest BCUT2D eigenvalue weighted by Gasteiger charge is 2.37. The second-order valence-corrected chi connectivity index (χ2v) is 7.56. The Morgan fingerprint density at radius 2 is 2.09 bits per heavy atom. The second kappa shape index (κ2) is 6.59. The lowest BCUT2D eigenvalue weighted by Crippen LogP contribution is -2.43. The highest BCUT2D eigenvalue weighted by molar-refractivity contribution is 7.14. The maximum Gasteiger partial charge on any atom is 0.317 e. The van der Waals surface area contributed by atoms with Crippen molar-refractivity contribution in [1.29, 1.82) is 0 Å². The minimum Gasteiger partial charge on any atom is -0.480 e. The highest BCUT2D eigenvalue weighted by atomic mass is 32.1. The lowest BCUT2D eigenvalue weighted by Gasteiger charge is -2.24. The largest absolute Gasteiger partial charge is 0.480 e. The van der Waals surface area contributed by atoms with E-state index in [-0.39, 0.29) is 25.0 Å². The molecule has 7 heteroatoms. The summed E-state index contributed by atoms with van der Waals surface area (Å²) in [4.78, 5) is 28.8. The van der Waals surface area contributed by atoms with Gasteiger partial charge in [-0.25, -0.2) is 0 Å². The first-order valence-electron chi connectivity index (χ1n) is 7.96. The molecule has 23 heavy (non-hydrogen) atoms. The summed E-state index contributed by atoms with van der Waals surface area (Å²) in [6.45, 7) is 0.486. The molecule has 2 heterocycles. The van der Waals surface area contributed by atoms with E-state index in [1.807, 2.05) is 6.07 Å². The third-order valence-electron chi connectivity index (χ3n) is 4.70. The van der Waals surface area contributed by atoms with Crippen LogP contribution in [0.25, 0.3) is 0 Å². The molecule has 6 nitrogen and oxygen atoms in total. The molecule has 0 aromatic carbocycles. The van der Waals surface area contributed by atoms with Crippen molar-refractivity contribution in [3.63, 3.8) is 0 Å². The Morgan fingerprint density at radius 1 is 1.35 bits per heavy atom. The molecule has 2 N–H and O–H groups in total. The van der Waals surface area contributed by atoms with Crippen LogP contribution in [0.5, 0.6) is 0 Å². The summed E-state index contributed by atoms with van der Waals surface area (Å²) in [7, 11) is 1.67. The number of carbonyl (C=O) groups excluding carboxylic acids is 1. The number of likely N-dealkylation sites (N-methyl/N-ethyl adjacent to an activating group) is 1. The van der Waals surface area contributed by atoms with Crippen LogP contribution in [0.3, 0.4) is 0 Å². The monoisotopic (exact) mass is 338 g/mol. The van der Waals surface area contributed by atoms with Crippen LogP contribution in [0.15, 0.2) is 6.07 Å². The fourth-order valence-electron chi connectivity index (χ4n) is 3.45. The Hall–Kier alpha value is -1.44. The predicted molar refractivity (Wildman–Crippen MR) is 86.9 cm³/mol. The van der Waals surface area contributed by atoms with Gasteiger partial charge in [0.1, 0.15) is 0 Å². The van der Waals surface area contributed by atoms with Crippen LogP contribution in [0.2, 0.25) is 0 Å². The number of hydrogen-bond donors (Lipinski definition) is 2. The number of amides is 1. The molecule has 1 amide bonds. The van der Waals surface area contributed by atoms with Crippen molar-refractivity contribution < 1.29 is 19.8 Å². The predicted octanol–water partition coefficient (Wildman–Crippen LogP) is 0.829. The third kappa shape index (κ3) is 3.41. The Balaban J connectivity index is 1.69. The average Bonchev–Trinajstić information content (AvgIpc) is 3.09. The van der Waals surface area contributed by atoms with Gasteiger partial charge in [-0.15, -0.1) is 11.3 Å². The van der Waals surface area contributed by atoms with E-state index in [0.717, 1.165) is 17.7 Å². The van der Waals surface area contributed by atoms with Gasteiger partial charge in [-0.3, -0.25) is 14.5 Å². The molecule has 1 saturated heterocycles. The number of carboxylic acid groups (broad SMARTS) is 1. The number of β-amino-alcohol motifs (C(OH)–C–C–N with tert-alkyl or cyclic N) is 1. The number of aliphatic carboxylic acids is 1. The topological polar surface area (TPSA) is 81.1 Å². The van der Waals surface area contributed by atoms with E-state index in [9.17, 15) is 14.7 Å². The minimum atomic E-state index is -0.935. The normalized spacial score (nSPS) is 24.0. The standard InChI is InChI=1S/C16H22N2O4S/c1-17(9-15(20)21)11-7-18(8-12(11)19)16(22)14-6-10-4-2-3-5-13(10)23-14/h6,11-12,19H,2-5,7-9H2,1H3,(H,20,21)/t11-,12-/m1/s1. The maximum absolute atomic E-state index is 12.7. The molecule has 0 saturated carbocycles. The molecule has 1 aliphatic heterocycles. The van der Waals surface area contributed by atoms with E-state index in [4.69, 9.17) is 5.11 Å². The summed E-state index contributed by atoms with van der Waals surface area (Å²) in [6.07, 6.45) is 3.76. The number of aliphatic hydroxyl groups excluding tert-OH is 1. The van der Waals surface area contributed by atoms with Gasteiger partial charge >= 0.3 is 5.97 Å². The first kappa shape index (κ1) is 16.4. The van der Waals surface area contributed by atoms with Crippen LogP contribution in [0, 0.1) is 0 Å². The molecule has 0 spiro atoms. The maximum atomic E-state index is 12.7. The number of carboxylic acids is 1. The molecule has 3 rings (SSSR count). The van der Waals surface area contributed by atoms with Crippen molar-refractivity contribution in [2.75, 3.05) is 26.7 Å². The van der Waals surface area contributed by atoms with Crippen molar-refractivity contribution in [2.45, 2.75) is 37.8 Å². The van der Waals surface area contributed by atoms with Gasteiger partial charge in [-0.05, 0) is 44.4 Å². The van der Waals surface area contributed by atoms with Gasteiger partial charge in [0.15, 0.2) is 0 Å². The number of hydrogen-bond acceptors (Lipinski definition) is 5. The second-order valence-electron chi connectivity index (χ2n) is 6.42. The van der Waals surface area contributed by atoms with E-state index < -0.39 is 12.1 Å². The third-order valence-corrected chi connectivity index (χ3v) is 5.93. The average molecular weight is 338 g/mol. The Bertz CT molecular complexity index is 592. The number of likely N-dealkylation sites (tertiary alicyclic amines) is 1. The minimum absolute atomic E-state index is 0.0466. The zero-order valence-corrected chi connectivity index (χ0v) is 14.0. The molecule has 0 radical (unpaired) electrons. The van der Waals surface area contributed by atoms with Crippen molar-refractivity contribution in [2.24, 2.45) is 0 Å². The lowest BCUT2D eigenvalue weighted by molar-refractivity contribution is -0.138. The number of aryl methyl sites for hydroxylation is 2. The van der Waals surface area contributed by atoms with Gasteiger partial charge in [-0.2, -0.15) is 0 Å². The number of rotatable bonds is 4. The van der Waals surface area contributed by atoms with Crippen molar-refractivity contribution in [1.82, 2.24) is 9.80 Å². The molecule has 1 aromatic heterocycles. The fourth-order valence-corrected chi connectivity index (χ4v) is 4.67. The summed E-state index contributed by atoms with van der Waals surface area (Å²) in [5.41, 5.74) is 1.30. The van der Waals surface area contributed by atoms with E-state index in [1.54, 1.807) is 28.2 Å². The summed E-state index contributed by atoms with van der Waals surface area (Å²) in [6, 6.07) is 1.67. The molecular formula is C16H22N2O4S. The van der Waals surface area contributed by atoms with Crippen LogP contribution < -0.4 is 0 Å². The Labute approximate surface area is 139 Å². The molecular weight excluding hydrogens is 316 g/mol. The van der Waals surface area contributed by atoms with Gasteiger partial charge in [0.25, 0.3) is 5.91 Å². The van der Waals surface area contributed by atoms with E-state index in [0.29, 0.717) is 6.54 Å². The smallest absolute Gasteiger partial charge is 0.317 e. The first-order valence-corrected chi connectivity index (χ1v) is 8.78. The van der Waals surface area contributed by atoms with Crippen LogP contribution in [0.4, 0.5) is 0 Å². The quantitative estimate of drug-likeness (QED) is 0.850. The summed E-state index contributed by atoms with van der Waals surface area (Å²) < 4.78 is 0. The van der Waals surface area contributed by atoms with Crippen LogP contribution in [-0.2, 0) is 17.6 Å². The van der Waals surface area contributed by atoms with Gasteiger partial charge in [0.2, 0.25) is 0 Å². The number of fused-ring (bicyclic) bond motifs is 1. The van der Waals surface area contributed by atoms with Gasteiger partial charge in [-0.1, -0.05) is 0 Å². The zero-order valence-electron chi connectivity index (χ0n) is 13.2. The summed E-state index contributed by atoms with van der Waals surface area (Å²) >= 11 is 1.57. The number of nitrogens with zero attached hydrogens (tertiary/aromatic N) is 2. The fraction of sp³-hybridized carbons (Fsp3) is 0.625. The Morgan fingerprint density at radius 3 is 2.78 bits per heavy atom. The van der Waals surface area contributed by atoms with Crippen LogP contribution in [-0.4, -0.2) is 70.7 Å². The van der Waals surface area contributed by atoms with E-state index in [1.165, 1.54) is 23.3 Å². The van der Waals surface area contributed by atoms with Gasteiger partial charge in [0, 0.05) is 18.0 Å². The number of thiophene rings is 1. The Kier molecular flexibility index (Phi) is 4.70. The zero-order chi connectivity index (χ0) is 16.6. The molecule has 0 bridgehead atoms. The van der Waals surface area contributed by atoms with Crippen LogP contribution >= 0.6 is 11.3 Å². The van der Waals surface area contributed by atoms with E-state index in [2.05, 4.69) is 0 Å². The highest BCUT2D eigenvalue weighted by Crippen LogP contribution is 2.31. The molecule has 2 aliphatic rings. The molecule has 0 unspecified atom stereocenters. The first-order chi connectivity index (χ1) is 11.0. The SMILES string of the molecule is CN(CC(=O)O)[C@@H]1CN(C(=O)c2cc3c(s2)CCCC3)C[C@H]1O. The van der Waals surface area contributed by atoms with E-state index >= 15 is 0 Å². The van der Waals surface area contributed by atoms with Crippen LogP contribution in [0.1, 0.15) is 33.0 Å².